The summed E-state index contributed by atoms with van der Waals surface area (Å²) in [6, 6.07) is 0. The Hall–Kier alpha value is -1.20. The van der Waals surface area contributed by atoms with E-state index >= 15 is 0 Å². The number of unbranched alkanes of at least 4 members (excludes halogenated alkanes) is 1. The average molecular weight is 187 g/mol. The fourth-order valence-electron chi connectivity index (χ4n) is 0.580. The zero-order chi connectivity index (χ0) is 10.1. The second-order valence-electron chi connectivity index (χ2n) is 2.34. The van der Waals surface area contributed by atoms with Gasteiger partial charge in [0.15, 0.2) is 0 Å². The summed E-state index contributed by atoms with van der Waals surface area (Å²) in [4.78, 5) is 20.1. The van der Waals surface area contributed by atoms with E-state index < -0.39 is 0 Å². The second-order valence-corrected chi connectivity index (χ2v) is 2.34. The van der Waals surface area contributed by atoms with Crippen LogP contribution in [0.25, 0.3) is 0 Å². The van der Waals surface area contributed by atoms with Gasteiger partial charge in [0.25, 0.3) is 11.8 Å². The van der Waals surface area contributed by atoms with Crippen molar-refractivity contribution in [2.75, 3.05) is 13.2 Å². The maximum atomic E-state index is 10.0. The van der Waals surface area contributed by atoms with Gasteiger partial charge in [-0.15, -0.1) is 0 Å². The fraction of sp³-hybridized carbons (Fsp3) is 0.500. The van der Waals surface area contributed by atoms with Crippen molar-refractivity contribution in [3.63, 3.8) is 0 Å². The van der Waals surface area contributed by atoms with E-state index in [1.165, 1.54) is 12.2 Å². The number of carbonyl (C=O) groups excluding carboxylic acids is 2. The largest absolute Gasteiger partial charge is 0.396 e. The molecule has 0 aromatic rings. The van der Waals surface area contributed by atoms with Crippen LogP contribution in [0.5, 0.6) is 0 Å². The minimum atomic E-state index is -0.329. The van der Waals surface area contributed by atoms with E-state index in [9.17, 15) is 9.59 Å². The van der Waals surface area contributed by atoms with Crippen LogP contribution in [0.1, 0.15) is 12.8 Å². The van der Waals surface area contributed by atoms with Crippen LogP contribution < -0.4 is 5.32 Å². The molecule has 3 N–H and O–H groups in total. The van der Waals surface area contributed by atoms with Crippen LogP contribution in [0.2, 0.25) is 0 Å². The summed E-state index contributed by atoms with van der Waals surface area (Å²) in [5.74, 6) is -0.657. The minimum absolute atomic E-state index is 0.195. The molecule has 0 unspecified atom stereocenters. The van der Waals surface area contributed by atoms with Gasteiger partial charge >= 0.3 is 0 Å². The molecule has 0 aromatic carbocycles. The Morgan fingerprint density at radius 1 is 1.00 bits per heavy atom. The third kappa shape index (κ3) is 7.17. The lowest BCUT2D eigenvalue weighted by atomic mass is 10.3. The molecule has 1 heterocycles. The number of hydrogen-bond donors (Lipinski definition) is 3. The number of amides is 2. The molecule has 74 valence electrons. The van der Waals surface area contributed by atoms with Crippen molar-refractivity contribution in [2.24, 2.45) is 0 Å². The Labute approximate surface area is 76.1 Å². The summed E-state index contributed by atoms with van der Waals surface area (Å²) < 4.78 is 0. The summed E-state index contributed by atoms with van der Waals surface area (Å²) in [7, 11) is 0. The minimum Gasteiger partial charge on any atom is -0.396 e. The van der Waals surface area contributed by atoms with E-state index in [1.54, 1.807) is 0 Å². The summed E-state index contributed by atoms with van der Waals surface area (Å²) in [6.45, 7) is 0.390. The Bertz CT molecular complexity index is 180. The molecular formula is C8H13NO4. The lowest BCUT2D eigenvalue weighted by molar-refractivity contribution is -0.123. The number of imide groups is 1. The van der Waals surface area contributed by atoms with Crippen LogP contribution in [0.4, 0.5) is 0 Å². The summed E-state index contributed by atoms with van der Waals surface area (Å²) >= 11 is 0. The van der Waals surface area contributed by atoms with Gasteiger partial charge in [-0.05, 0) is 12.8 Å². The van der Waals surface area contributed by atoms with Crippen LogP contribution in [-0.4, -0.2) is 35.2 Å². The van der Waals surface area contributed by atoms with Gasteiger partial charge in [0.05, 0.1) is 0 Å². The molecule has 13 heavy (non-hydrogen) atoms. The molecule has 0 aromatic heterocycles. The van der Waals surface area contributed by atoms with Gasteiger partial charge in [0.2, 0.25) is 0 Å². The quantitative estimate of drug-likeness (QED) is 0.388. The first-order chi connectivity index (χ1) is 6.20. The van der Waals surface area contributed by atoms with E-state index in [-0.39, 0.29) is 25.0 Å². The topological polar surface area (TPSA) is 86.6 Å². The molecule has 1 aliphatic rings. The van der Waals surface area contributed by atoms with E-state index in [0.29, 0.717) is 0 Å². The van der Waals surface area contributed by atoms with E-state index in [2.05, 4.69) is 0 Å². The highest BCUT2D eigenvalue weighted by Crippen LogP contribution is 1.82. The lowest BCUT2D eigenvalue weighted by Gasteiger charge is -1.85. The molecule has 0 saturated heterocycles. The van der Waals surface area contributed by atoms with E-state index in [0.717, 1.165) is 12.8 Å². The van der Waals surface area contributed by atoms with Crippen LogP contribution in [0, 0.1) is 0 Å². The van der Waals surface area contributed by atoms with Gasteiger partial charge in [0.1, 0.15) is 0 Å². The van der Waals surface area contributed by atoms with Gasteiger partial charge in [-0.3, -0.25) is 14.9 Å². The van der Waals surface area contributed by atoms with Gasteiger partial charge < -0.3 is 10.2 Å². The first kappa shape index (κ1) is 11.8. The molecule has 0 bridgehead atoms. The molecule has 0 saturated carbocycles. The van der Waals surface area contributed by atoms with Gasteiger partial charge in [-0.2, -0.15) is 0 Å². The molecular weight excluding hydrogens is 174 g/mol. The highest BCUT2D eigenvalue weighted by Gasteiger charge is 2.06. The number of rotatable bonds is 3. The summed E-state index contributed by atoms with van der Waals surface area (Å²) in [5.41, 5.74) is 0. The maximum Gasteiger partial charge on any atom is 0.250 e. The van der Waals surface area contributed by atoms with Crippen molar-refractivity contribution in [1.29, 1.82) is 0 Å². The van der Waals surface area contributed by atoms with Crippen LogP contribution in [0.15, 0.2) is 12.2 Å². The molecule has 5 heteroatoms. The SMILES string of the molecule is O=C1C=CC(=O)N1.OCCCCO. The van der Waals surface area contributed by atoms with E-state index in [1.807, 2.05) is 5.32 Å². The predicted octanol–water partition coefficient (Wildman–Crippen LogP) is -1.05. The standard InChI is InChI=1S/C4H3NO2.C4H10O2/c6-3-1-2-4(7)5-3;5-3-1-2-4-6/h1-2H,(H,5,6,7);5-6H,1-4H2. The van der Waals surface area contributed by atoms with Crippen molar-refractivity contribution < 1.29 is 19.8 Å². The number of aliphatic hydroxyl groups is 2. The highest BCUT2D eigenvalue weighted by molar-refractivity contribution is 6.12. The Kier molecular flexibility index (Phi) is 6.76. The second kappa shape index (κ2) is 7.45. The Morgan fingerprint density at radius 3 is 1.54 bits per heavy atom. The highest BCUT2D eigenvalue weighted by atomic mass is 16.3. The molecule has 1 aliphatic heterocycles. The fourth-order valence-corrected chi connectivity index (χ4v) is 0.580. The average Bonchev–Trinajstić information content (AvgIpc) is 2.47. The van der Waals surface area contributed by atoms with Crippen molar-refractivity contribution in [3.05, 3.63) is 12.2 Å². The normalized spacial score (nSPS) is 13.7. The molecule has 0 spiro atoms. The summed E-state index contributed by atoms with van der Waals surface area (Å²) in [5, 5.41) is 18.2. The number of carbonyl (C=O) groups is 2. The lowest BCUT2D eigenvalue weighted by Crippen LogP contribution is -2.19. The third-order valence-corrected chi connectivity index (χ3v) is 1.20. The predicted molar refractivity (Wildman–Crippen MR) is 45.7 cm³/mol. The monoisotopic (exact) mass is 187 g/mol. The first-order valence-electron chi connectivity index (χ1n) is 3.95. The molecule has 1 rings (SSSR count). The Balaban J connectivity index is 0.000000226. The van der Waals surface area contributed by atoms with Crippen molar-refractivity contribution in [1.82, 2.24) is 5.32 Å². The number of hydrogen-bond acceptors (Lipinski definition) is 4. The zero-order valence-corrected chi connectivity index (χ0v) is 7.19. The molecule has 0 fully saturated rings. The van der Waals surface area contributed by atoms with Crippen LogP contribution in [-0.2, 0) is 9.59 Å². The van der Waals surface area contributed by atoms with Gasteiger partial charge in [-0.1, -0.05) is 0 Å². The number of nitrogens with one attached hydrogen (secondary N) is 1. The smallest absolute Gasteiger partial charge is 0.250 e. The molecule has 0 radical (unpaired) electrons. The van der Waals surface area contributed by atoms with Crippen molar-refractivity contribution in [3.8, 4) is 0 Å². The van der Waals surface area contributed by atoms with Gasteiger partial charge in [-0.25, -0.2) is 0 Å². The number of aliphatic hydroxyl groups excluding tert-OH is 2. The van der Waals surface area contributed by atoms with Crippen molar-refractivity contribution >= 4 is 11.8 Å². The molecule has 5 nitrogen and oxygen atoms in total. The van der Waals surface area contributed by atoms with Gasteiger partial charge in [0, 0.05) is 25.4 Å². The molecule has 0 atom stereocenters. The Morgan fingerprint density at radius 2 is 1.38 bits per heavy atom. The zero-order valence-electron chi connectivity index (χ0n) is 7.19. The first-order valence-corrected chi connectivity index (χ1v) is 3.95. The summed E-state index contributed by atoms with van der Waals surface area (Å²) in [6.07, 6.45) is 3.83. The van der Waals surface area contributed by atoms with Crippen molar-refractivity contribution in [2.45, 2.75) is 12.8 Å². The molecule has 0 aliphatic carbocycles. The van der Waals surface area contributed by atoms with Crippen LogP contribution in [0.3, 0.4) is 0 Å². The molecule has 2 amide bonds. The maximum absolute atomic E-state index is 10.0. The van der Waals surface area contributed by atoms with Crippen LogP contribution >= 0.6 is 0 Å². The van der Waals surface area contributed by atoms with E-state index in [4.69, 9.17) is 10.2 Å². The third-order valence-electron chi connectivity index (χ3n) is 1.20.